The first-order valence-electron chi connectivity index (χ1n) is 8.75. The molecule has 0 spiro atoms. The van der Waals surface area contributed by atoms with Gasteiger partial charge in [0.2, 0.25) is 0 Å². The summed E-state index contributed by atoms with van der Waals surface area (Å²) in [7, 11) is 0. The maximum atomic E-state index is 13.2. The number of carbonyl (C=O) groups excluding carboxylic acids is 1. The minimum atomic E-state index is -0.494. The van der Waals surface area contributed by atoms with E-state index in [0.717, 1.165) is 16.7 Å². The van der Waals surface area contributed by atoms with Crippen LogP contribution in [0, 0.1) is 5.82 Å². The van der Waals surface area contributed by atoms with E-state index in [1.54, 1.807) is 12.1 Å². The first-order valence-corrected chi connectivity index (χ1v) is 8.75. The van der Waals surface area contributed by atoms with Crippen LogP contribution in [0.4, 0.5) is 4.39 Å². The Bertz CT molecular complexity index is 790. The van der Waals surface area contributed by atoms with Crippen LogP contribution in [0.25, 0.3) is 0 Å². The summed E-state index contributed by atoms with van der Waals surface area (Å²) in [5.41, 5.74) is 2.57. The predicted octanol–water partition coefficient (Wildman–Crippen LogP) is 5.65. The molecular weight excluding hydrogens is 327 g/mol. The molecule has 0 amide bonds. The van der Waals surface area contributed by atoms with Crippen LogP contribution in [0.2, 0.25) is 0 Å². The minimum absolute atomic E-state index is 0.304. The Balaban J connectivity index is 1.89. The summed E-state index contributed by atoms with van der Waals surface area (Å²) < 4.78 is 19.0. The van der Waals surface area contributed by atoms with Crippen LogP contribution in [-0.4, -0.2) is 5.97 Å². The molecule has 0 aromatic heterocycles. The Morgan fingerprint density at radius 2 is 1.31 bits per heavy atom. The Labute approximate surface area is 153 Å². The first-order chi connectivity index (χ1) is 12.7. The topological polar surface area (TPSA) is 26.3 Å². The molecule has 3 aromatic rings. The van der Waals surface area contributed by atoms with Gasteiger partial charge in [0.05, 0.1) is 0 Å². The predicted molar refractivity (Wildman–Crippen MR) is 100 cm³/mol. The average molecular weight is 348 g/mol. The maximum absolute atomic E-state index is 13.2. The molecule has 0 radical (unpaired) electrons. The molecule has 0 saturated carbocycles. The SMILES string of the molecule is CC[C@@H](OC(=O)C(c1ccccc1)c1ccccc1)c1ccc(F)cc1. The summed E-state index contributed by atoms with van der Waals surface area (Å²) in [5, 5.41) is 0. The van der Waals surface area contributed by atoms with Gasteiger partial charge in [-0.25, -0.2) is 4.39 Å². The molecule has 0 N–H and O–H groups in total. The van der Waals surface area contributed by atoms with Crippen molar-refractivity contribution in [1.29, 1.82) is 0 Å². The summed E-state index contributed by atoms with van der Waals surface area (Å²) in [6.45, 7) is 1.95. The molecule has 1 atom stereocenters. The second kappa shape index (κ2) is 8.43. The van der Waals surface area contributed by atoms with Crippen molar-refractivity contribution >= 4 is 5.97 Å². The highest BCUT2D eigenvalue weighted by atomic mass is 19.1. The van der Waals surface area contributed by atoms with Crippen molar-refractivity contribution in [1.82, 2.24) is 0 Å². The van der Waals surface area contributed by atoms with E-state index >= 15 is 0 Å². The Hall–Kier alpha value is -2.94. The highest BCUT2D eigenvalue weighted by molar-refractivity contribution is 5.82. The van der Waals surface area contributed by atoms with E-state index in [1.807, 2.05) is 67.6 Å². The van der Waals surface area contributed by atoms with Crippen LogP contribution in [0.3, 0.4) is 0 Å². The number of ether oxygens (including phenoxy) is 1. The number of hydrogen-bond donors (Lipinski definition) is 0. The van der Waals surface area contributed by atoms with E-state index in [4.69, 9.17) is 4.74 Å². The number of carbonyl (C=O) groups is 1. The number of hydrogen-bond acceptors (Lipinski definition) is 2. The van der Waals surface area contributed by atoms with Gasteiger partial charge in [-0.05, 0) is 35.2 Å². The van der Waals surface area contributed by atoms with Crippen molar-refractivity contribution in [3.8, 4) is 0 Å². The van der Waals surface area contributed by atoms with Crippen molar-refractivity contribution in [2.45, 2.75) is 25.4 Å². The van der Waals surface area contributed by atoms with Gasteiger partial charge in [-0.3, -0.25) is 4.79 Å². The van der Waals surface area contributed by atoms with E-state index in [0.29, 0.717) is 6.42 Å². The number of benzene rings is 3. The van der Waals surface area contributed by atoms with Gasteiger partial charge in [0.1, 0.15) is 17.8 Å². The second-order valence-corrected chi connectivity index (χ2v) is 6.14. The lowest BCUT2D eigenvalue weighted by atomic mass is 9.91. The number of halogens is 1. The second-order valence-electron chi connectivity index (χ2n) is 6.14. The third-order valence-electron chi connectivity index (χ3n) is 4.37. The number of esters is 1. The molecule has 3 rings (SSSR count). The monoisotopic (exact) mass is 348 g/mol. The normalized spacial score (nSPS) is 12.0. The third kappa shape index (κ3) is 4.17. The van der Waals surface area contributed by atoms with Crippen molar-refractivity contribution in [2.24, 2.45) is 0 Å². The van der Waals surface area contributed by atoms with Gasteiger partial charge >= 0.3 is 5.97 Å². The summed E-state index contributed by atoms with van der Waals surface area (Å²) >= 11 is 0. The minimum Gasteiger partial charge on any atom is -0.457 e. The average Bonchev–Trinajstić information content (AvgIpc) is 2.69. The van der Waals surface area contributed by atoms with E-state index in [-0.39, 0.29) is 11.8 Å². The lowest BCUT2D eigenvalue weighted by Crippen LogP contribution is -2.20. The van der Waals surface area contributed by atoms with Gasteiger partial charge in [-0.2, -0.15) is 0 Å². The van der Waals surface area contributed by atoms with E-state index < -0.39 is 12.0 Å². The zero-order chi connectivity index (χ0) is 18.4. The first kappa shape index (κ1) is 17.9. The van der Waals surface area contributed by atoms with Gasteiger partial charge in [0.25, 0.3) is 0 Å². The fourth-order valence-corrected chi connectivity index (χ4v) is 3.03. The zero-order valence-electron chi connectivity index (χ0n) is 14.6. The van der Waals surface area contributed by atoms with Crippen LogP contribution in [0.1, 0.15) is 42.1 Å². The van der Waals surface area contributed by atoms with Crippen LogP contribution in [0.5, 0.6) is 0 Å². The van der Waals surface area contributed by atoms with Gasteiger partial charge in [0, 0.05) is 0 Å². The quantitative estimate of drug-likeness (QED) is 0.538. The largest absolute Gasteiger partial charge is 0.457 e. The van der Waals surface area contributed by atoms with Crippen LogP contribution < -0.4 is 0 Å². The Morgan fingerprint density at radius 1 is 0.808 bits per heavy atom. The van der Waals surface area contributed by atoms with Crippen molar-refractivity contribution in [2.75, 3.05) is 0 Å². The molecule has 0 saturated heterocycles. The molecule has 0 heterocycles. The molecule has 26 heavy (non-hydrogen) atoms. The smallest absolute Gasteiger partial charge is 0.318 e. The van der Waals surface area contributed by atoms with Crippen LogP contribution in [0.15, 0.2) is 84.9 Å². The highest BCUT2D eigenvalue weighted by Crippen LogP contribution is 2.30. The highest BCUT2D eigenvalue weighted by Gasteiger charge is 2.26. The molecule has 0 aliphatic carbocycles. The zero-order valence-corrected chi connectivity index (χ0v) is 14.6. The van der Waals surface area contributed by atoms with Crippen LogP contribution >= 0.6 is 0 Å². The Morgan fingerprint density at radius 3 is 1.77 bits per heavy atom. The molecule has 0 unspecified atom stereocenters. The molecule has 0 aliphatic heterocycles. The maximum Gasteiger partial charge on any atom is 0.318 e. The molecular formula is C23H21FO2. The third-order valence-corrected chi connectivity index (χ3v) is 4.37. The lowest BCUT2D eigenvalue weighted by molar-refractivity contribution is -0.150. The van der Waals surface area contributed by atoms with Crippen molar-refractivity contribution in [3.05, 3.63) is 107 Å². The Kier molecular flexibility index (Phi) is 5.80. The summed E-state index contributed by atoms with van der Waals surface area (Å²) in [6.07, 6.45) is 0.214. The van der Waals surface area contributed by atoms with Gasteiger partial charge < -0.3 is 4.74 Å². The summed E-state index contributed by atoms with van der Waals surface area (Å²) in [6, 6.07) is 25.3. The lowest BCUT2D eigenvalue weighted by Gasteiger charge is -2.22. The summed E-state index contributed by atoms with van der Waals surface area (Å²) in [4.78, 5) is 13.1. The molecule has 0 fully saturated rings. The van der Waals surface area contributed by atoms with Gasteiger partial charge in [-0.1, -0.05) is 79.7 Å². The van der Waals surface area contributed by atoms with Gasteiger partial charge in [-0.15, -0.1) is 0 Å². The van der Waals surface area contributed by atoms with Crippen LogP contribution in [-0.2, 0) is 9.53 Å². The van der Waals surface area contributed by atoms with E-state index in [9.17, 15) is 9.18 Å². The molecule has 0 bridgehead atoms. The van der Waals surface area contributed by atoms with Gasteiger partial charge in [0.15, 0.2) is 0 Å². The molecule has 2 nitrogen and oxygen atoms in total. The summed E-state index contributed by atoms with van der Waals surface area (Å²) in [5.74, 6) is -1.10. The van der Waals surface area contributed by atoms with E-state index in [2.05, 4.69) is 0 Å². The fraction of sp³-hybridized carbons (Fsp3) is 0.174. The number of rotatable bonds is 6. The molecule has 132 valence electrons. The van der Waals surface area contributed by atoms with E-state index in [1.165, 1.54) is 12.1 Å². The van der Waals surface area contributed by atoms with Crippen molar-refractivity contribution < 1.29 is 13.9 Å². The fourth-order valence-electron chi connectivity index (χ4n) is 3.03. The standard InChI is InChI=1S/C23H21FO2/c1-2-21(17-13-15-20(24)16-14-17)26-23(25)22(18-9-5-3-6-10-18)19-11-7-4-8-12-19/h3-16,21-22H,2H2,1H3/t21-/m1/s1. The van der Waals surface area contributed by atoms with Crippen molar-refractivity contribution in [3.63, 3.8) is 0 Å². The molecule has 3 aromatic carbocycles. The molecule has 3 heteroatoms. The molecule has 0 aliphatic rings.